The molecule has 3 saturated heterocycles. The van der Waals surface area contributed by atoms with E-state index in [1.165, 1.54) is 16.9 Å². The van der Waals surface area contributed by atoms with Gasteiger partial charge in [-0.15, -0.1) is 0 Å². The van der Waals surface area contributed by atoms with Crippen LogP contribution in [0.2, 0.25) is 0 Å². The fourth-order valence-electron chi connectivity index (χ4n) is 9.14. The van der Waals surface area contributed by atoms with Gasteiger partial charge in [-0.1, -0.05) is 6.07 Å². The first kappa shape index (κ1) is 19.3. The lowest BCUT2D eigenvalue weighted by Crippen LogP contribution is -2.93. The summed E-state index contributed by atoms with van der Waals surface area (Å²) < 4.78 is 22.2. The highest BCUT2D eigenvalue weighted by Gasteiger charge is 2.98. The standard InChI is InChI=1S/C23H22N2O9/c1-31-18(28)25-13-11(3-4-12-14(13)33-10-32-12)22-15-16(26)24-8-2-5-19(23(22,24)30)6-7-21(22,25)20(29,9-19)17(27)34-15/h3-4,15,29-30H,2,5-10H2,1H3/t15-,19?,20+,21?,22+,23+/m0/s1. The number of carbonyl (C=O) groups is 3. The molecule has 34 heavy (non-hydrogen) atoms. The van der Waals surface area contributed by atoms with Crippen LogP contribution in [0.25, 0.3) is 0 Å². The van der Waals surface area contributed by atoms with Crippen LogP contribution in [0.3, 0.4) is 0 Å². The lowest BCUT2D eigenvalue weighted by atomic mass is 9.34. The summed E-state index contributed by atoms with van der Waals surface area (Å²) in [5, 5.41) is 25.1. The highest BCUT2D eigenvalue weighted by molar-refractivity contribution is 6.07. The average molecular weight is 470 g/mol. The van der Waals surface area contributed by atoms with Gasteiger partial charge in [0.25, 0.3) is 5.91 Å². The molecule has 2 N–H and O–H groups in total. The number of hydrogen-bond donors (Lipinski definition) is 2. The van der Waals surface area contributed by atoms with Gasteiger partial charge in [-0.3, -0.25) is 9.69 Å². The Kier molecular flexibility index (Phi) is 2.91. The number of methoxy groups -OCH3 is 1. The van der Waals surface area contributed by atoms with Gasteiger partial charge in [-0.05, 0) is 43.7 Å². The van der Waals surface area contributed by atoms with Crippen LogP contribution in [0.1, 0.15) is 37.7 Å². The monoisotopic (exact) mass is 470 g/mol. The Balaban J connectivity index is 1.60. The molecule has 3 spiro atoms. The Labute approximate surface area is 193 Å². The predicted octanol–water partition coefficient (Wildman–Crippen LogP) is 0.143. The van der Waals surface area contributed by atoms with Crippen molar-refractivity contribution in [2.24, 2.45) is 5.41 Å². The summed E-state index contributed by atoms with van der Waals surface area (Å²) in [5.41, 5.74) is -7.56. The molecule has 5 aliphatic heterocycles. The molecule has 0 aromatic heterocycles. The van der Waals surface area contributed by atoms with E-state index in [0.29, 0.717) is 37.1 Å². The quantitative estimate of drug-likeness (QED) is 0.508. The minimum Gasteiger partial charge on any atom is -0.454 e. The fraction of sp³-hybridized carbons (Fsp3) is 0.609. The van der Waals surface area contributed by atoms with Gasteiger partial charge in [0.05, 0.1) is 12.8 Å². The van der Waals surface area contributed by atoms with E-state index in [4.69, 9.17) is 18.9 Å². The number of amides is 2. The minimum absolute atomic E-state index is 0.0802. The molecule has 1 aromatic rings. The maximum Gasteiger partial charge on any atom is 0.414 e. The zero-order valence-corrected chi connectivity index (χ0v) is 18.3. The van der Waals surface area contributed by atoms with Gasteiger partial charge in [0.15, 0.2) is 28.9 Å². The summed E-state index contributed by atoms with van der Waals surface area (Å²) in [6, 6.07) is 3.36. The number of ether oxygens (including phenoxy) is 4. The van der Waals surface area contributed by atoms with Crippen LogP contribution in [0.15, 0.2) is 12.1 Å². The number of fused-ring (bicyclic) bond motifs is 4. The number of carbonyl (C=O) groups excluding carboxylic acids is 3. The van der Waals surface area contributed by atoms with Gasteiger partial charge in [-0.25, -0.2) is 9.59 Å². The summed E-state index contributed by atoms with van der Waals surface area (Å²) in [6.45, 7) is 0.211. The summed E-state index contributed by atoms with van der Waals surface area (Å²) in [4.78, 5) is 43.6. The molecular formula is C23H22N2O9. The summed E-state index contributed by atoms with van der Waals surface area (Å²) in [5.74, 6) is -0.830. The molecule has 3 aliphatic carbocycles. The first-order valence-electron chi connectivity index (χ1n) is 11.5. The number of esters is 1. The van der Waals surface area contributed by atoms with Crippen molar-refractivity contribution in [1.29, 1.82) is 0 Å². The molecule has 11 nitrogen and oxygen atoms in total. The van der Waals surface area contributed by atoms with Crippen molar-refractivity contribution in [3.05, 3.63) is 17.7 Å². The summed E-state index contributed by atoms with van der Waals surface area (Å²) in [6.07, 6.45) is -0.607. The predicted molar refractivity (Wildman–Crippen MR) is 109 cm³/mol. The number of aliphatic hydroxyl groups is 2. The summed E-state index contributed by atoms with van der Waals surface area (Å²) >= 11 is 0. The van der Waals surface area contributed by atoms with Crippen molar-refractivity contribution >= 4 is 23.7 Å². The van der Waals surface area contributed by atoms with Gasteiger partial charge >= 0.3 is 12.1 Å². The molecule has 1 aromatic carbocycles. The topological polar surface area (TPSA) is 135 Å². The van der Waals surface area contributed by atoms with Crippen LogP contribution in [-0.2, 0) is 24.5 Å². The third-order valence-electron chi connectivity index (χ3n) is 9.96. The van der Waals surface area contributed by atoms with E-state index in [-0.39, 0.29) is 31.1 Å². The first-order valence-corrected chi connectivity index (χ1v) is 11.5. The largest absolute Gasteiger partial charge is 0.454 e. The van der Waals surface area contributed by atoms with Crippen LogP contribution in [-0.4, -0.2) is 76.5 Å². The zero-order chi connectivity index (χ0) is 23.5. The second kappa shape index (κ2) is 5.13. The van der Waals surface area contributed by atoms with E-state index in [9.17, 15) is 24.6 Å². The smallest absolute Gasteiger partial charge is 0.414 e. The number of benzene rings is 1. The Bertz CT molecular complexity index is 1270. The first-order chi connectivity index (χ1) is 16.2. The number of rotatable bonds is 0. The zero-order valence-electron chi connectivity index (χ0n) is 18.3. The SMILES string of the molecule is COC(=O)N1c2c(ccc3c2OCO3)[C@]23[C@H]4OC(=O)[C@]5(O)CC6(CCCN(C4=O)[C@@]62O)CCC153. The maximum absolute atomic E-state index is 13.8. The van der Waals surface area contributed by atoms with Gasteiger partial charge in [0.1, 0.15) is 11.0 Å². The van der Waals surface area contributed by atoms with Crippen molar-refractivity contribution in [1.82, 2.24) is 4.90 Å². The number of hydrogen-bond acceptors (Lipinski definition) is 9. The Morgan fingerprint density at radius 2 is 2.00 bits per heavy atom. The van der Waals surface area contributed by atoms with Crippen molar-refractivity contribution < 1.29 is 43.5 Å². The lowest BCUT2D eigenvalue weighted by molar-refractivity contribution is -0.346. The molecular weight excluding hydrogens is 448 g/mol. The molecule has 6 fully saturated rings. The number of nitrogens with zero attached hydrogens (tertiary/aromatic N) is 2. The molecule has 9 rings (SSSR count). The molecule has 4 bridgehead atoms. The van der Waals surface area contributed by atoms with E-state index in [1.807, 2.05) is 0 Å². The third kappa shape index (κ3) is 1.38. The lowest BCUT2D eigenvalue weighted by Gasteiger charge is -2.75. The van der Waals surface area contributed by atoms with E-state index in [2.05, 4.69) is 0 Å². The number of piperidine rings is 1. The normalized spacial score (nSPS) is 45.8. The van der Waals surface area contributed by atoms with Crippen LogP contribution in [0, 0.1) is 5.41 Å². The average Bonchev–Trinajstić information content (AvgIpc) is 3.45. The molecule has 11 heteroatoms. The Hall–Kier alpha value is -3.05. The molecule has 6 atom stereocenters. The van der Waals surface area contributed by atoms with Crippen LogP contribution < -0.4 is 14.4 Å². The second-order valence-electron chi connectivity index (χ2n) is 10.5. The minimum atomic E-state index is -2.17. The van der Waals surface area contributed by atoms with Crippen molar-refractivity contribution in [2.75, 3.05) is 25.3 Å². The Morgan fingerprint density at radius 3 is 2.79 bits per heavy atom. The highest BCUT2D eigenvalue weighted by Crippen LogP contribution is 2.82. The second-order valence-corrected chi connectivity index (χ2v) is 10.5. The molecule has 178 valence electrons. The van der Waals surface area contributed by atoms with Crippen molar-refractivity contribution in [3.63, 3.8) is 0 Å². The van der Waals surface area contributed by atoms with E-state index >= 15 is 0 Å². The molecule has 2 amide bonds. The molecule has 3 saturated carbocycles. The highest BCUT2D eigenvalue weighted by atomic mass is 16.7. The van der Waals surface area contributed by atoms with E-state index in [0.717, 1.165) is 0 Å². The molecule has 0 radical (unpaired) electrons. The van der Waals surface area contributed by atoms with Crippen molar-refractivity contribution in [2.45, 2.75) is 60.5 Å². The van der Waals surface area contributed by atoms with Crippen LogP contribution in [0.4, 0.5) is 10.5 Å². The van der Waals surface area contributed by atoms with Crippen LogP contribution in [0.5, 0.6) is 11.5 Å². The maximum atomic E-state index is 13.8. The summed E-state index contributed by atoms with van der Waals surface area (Å²) in [7, 11) is 1.21. The van der Waals surface area contributed by atoms with Gasteiger partial charge in [-0.2, -0.15) is 0 Å². The third-order valence-corrected chi connectivity index (χ3v) is 9.96. The molecule has 8 aliphatic rings. The Morgan fingerprint density at radius 1 is 1.18 bits per heavy atom. The van der Waals surface area contributed by atoms with Gasteiger partial charge < -0.3 is 34.1 Å². The van der Waals surface area contributed by atoms with Crippen LogP contribution >= 0.6 is 0 Å². The van der Waals surface area contributed by atoms with Gasteiger partial charge in [0.2, 0.25) is 6.79 Å². The number of anilines is 1. The van der Waals surface area contributed by atoms with E-state index in [1.54, 1.807) is 12.1 Å². The fourth-order valence-corrected chi connectivity index (χ4v) is 9.14. The van der Waals surface area contributed by atoms with E-state index < -0.39 is 51.8 Å². The molecule has 2 unspecified atom stereocenters. The molecule has 5 heterocycles. The van der Waals surface area contributed by atoms with Gasteiger partial charge in [0, 0.05) is 12.0 Å². The van der Waals surface area contributed by atoms with Crippen molar-refractivity contribution in [3.8, 4) is 11.5 Å².